The highest BCUT2D eigenvalue weighted by molar-refractivity contribution is 7.12. The average molecular weight is 404 g/mol. The first-order valence-corrected chi connectivity index (χ1v) is 10.3. The molecule has 4 rings (SSSR count). The molecule has 1 aromatic heterocycles. The van der Waals surface area contributed by atoms with E-state index in [-0.39, 0.29) is 17.6 Å². The molecule has 29 heavy (non-hydrogen) atoms. The number of thiophene rings is 1. The Morgan fingerprint density at radius 2 is 1.79 bits per heavy atom. The SMILES string of the molecule is Cc1ccccc1C(=O)Nc1ccc(C(=O)N2CCCC(=O)c3sccc32)cc1. The number of benzene rings is 2. The molecule has 5 nitrogen and oxygen atoms in total. The largest absolute Gasteiger partial charge is 0.322 e. The molecular weight excluding hydrogens is 384 g/mol. The van der Waals surface area contributed by atoms with Crippen LogP contribution in [0.15, 0.2) is 60.0 Å². The normalized spacial score (nSPS) is 13.6. The van der Waals surface area contributed by atoms with Crippen molar-refractivity contribution in [2.75, 3.05) is 16.8 Å². The molecule has 2 aromatic carbocycles. The fourth-order valence-corrected chi connectivity index (χ4v) is 4.31. The van der Waals surface area contributed by atoms with Gasteiger partial charge in [-0.1, -0.05) is 18.2 Å². The number of hydrogen-bond donors (Lipinski definition) is 1. The number of carbonyl (C=O) groups excluding carboxylic acids is 3. The number of anilines is 2. The fourth-order valence-electron chi connectivity index (χ4n) is 3.44. The number of rotatable bonds is 3. The summed E-state index contributed by atoms with van der Waals surface area (Å²) in [7, 11) is 0. The molecule has 0 unspecified atom stereocenters. The van der Waals surface area contributed by atoms with Crippen LogP contribution in [0.2, 0.25) is 0 Å². The summed E-state index contributed by atoms with van der Waals surface area (Å²) in [6.45, 7) is 2.40. The molecule has 0 radical (unpaired) electrons. The molecule has 0 saturated carbocycles. The molecule has 1 aliphatic heterocycles. The van der Waals surface area contributed by atoms with Crippen LogP contribution in [0, 0.1) is 6.92 Å². The van der Waals surface area contributed by atoms with E-state index in [0.29, 0.717) is 46.8 Å². The van der Waals surface area contributed by atoms with Gasteiger partial charge in [0, 0.05) is 29.8 Å². The van der Waals surface area contributed by atoms with Crippen molar-refractivity contribution in [3.05, 3.63) is 81.5 Å². The van der Waals surface area contributed by atoms with E-state index < -0.39 is 0 Å². The first-order valence-electron chi connectivity index (χ1n) is 9.44. The summed E-state index contributed by atoms with van der Waals surface area (Å²) in [5.74, 6) is -0.230. The van der Waals surface area contributed by atoms with Crippen LogP contribution in [0.5, 0.6) is 0 Å². The summed E-state index contributed by atoms with van der Waals surface area (Å²) in [5.41, 5.74) is 3.35. The molecule has 0 spiro atoms. The van der Waals surface area contributed by atoms with E-state index in [1.165, 1.54) is 11.3 Å². The molecule has 6 heteroatoms. The number of amides is 2. The topological polar surface area (TPSA) is 66.5 Å². The first-order chi connectivity index (χ1) is 14.0. The van der Waals surface area contributed by atoms with Crippen molar-refractivity contribution >= 4 is 40.3 Å². The highest BCUT2D eigenvalue weighted by Crippen LogP contribution is 2.32. The van der Waals surface area contributed by atoms with Crippen LogP contribution < -0.4 is 10.2 Å². The van der Waals surface area contributed by atoms with Crippen molar-refractivity contribution in [2.24, 2.45) is 0 Å². The Kier molecular flexibility index (Phi) is 5.27. The van der Waals surface area contributed by atoms with Gasteiger partial charge in [-0.3, -0.25) is 14.4 Å². The number of aryl methyl sites for hydroxylation is 1. The van der Waals surface area contributed by atoms with E-state index in [1.54, 1.807) is 35.2 Å². The number of hydrogen-bond acceptors (Lipinski definition) is 4. The van der Waals surface area contributed by atoms with Gasteiger partial charge in [-0.15, -0.1) is 11.3 Å². The molecule has 0 atom stereocenters. The molecule has 146 valence electrons. The third kappa shape index (κ3) is 3.84. The fraction of sp³-hybridized carbons (Fsp3) is 0.174. The van der Waals surface area contributed by atoms with Crippen molar-refractivity contribution in [1.82, 2.24) is 0 Å². The number of carbonyl (C=O) groups is 3. The second kappa shape index (κ2) is 8.01. The highest BCUT2D eigenvalue weighted by atomic mass is 32.1. The molecule has 2 heterocycles. The quantitative estimate of drug-likeness (QED) is 0.673. The van der Waals surface area contributed by atoms with E-state index in [9.17, 15) is 14.4 Å². The second-order valence-corrected chi connectivity index (χ2v) is 7.88. The molecule has 0 fully saturated rings. The lowest BCUT2D eigenvalue weighted by molar-refractivity contribution is 0.0975. The van der Waals surface area contributed by atoms with Crippen LogP contribution in [-0.2, 0) is 0 Å². The summed E-state index contributed by atoms with van der Waals surface area (Å²) in [6, 6.07) is 16.1. The van der Waals surface area contributed by atoms with Crippen LogP contribution in [0.3, 0.4) is 0 Å². The molecule has 1 aliphatic rings. The van der Waals surface area contributed by atoms with E-state index in [0.717, 1.165) is 5.56 Å². The van der Waals surface area contributed by atoms with Crippen molar-refractivity contribution in [2.45, 2.75) is 19.8 Å². The van der Waals surface area contributed by atoms with Crippen LogP contribution in [0.25, 0.3) is 0 Å². The summed E-state index contributed by atoms with van der Waals surface area (Å²) in [6.07, 6.45) is 1.11. The highest BCUT2D eigenvalue weighted by Gasteiger charge is 2.27. The third-order valence-electron chi connectivity index (χ3n) is 5.00. The standard InChI is InChI=1S/C23H20N2O3S/c1-15-5-2-3-6-18(15)22(27)24-17-10-8-16(9-11-17)23(28)25-13-4-7-20(26)21-19(25)12-14-29-21/h2-3,5-6,8-12,14H,4,7,13H2,1H3,(H,24,27). The van der Waals surface area contributed by atoms with Gasteiger partial charge < -0.3 is 10.2 Å². The zero-order chi connectivity index (χ0) is 20.4. The first kappa shape index (κ1) is 19.1. The zero-order valence-corrected chi connectivity index (χ0v) is 16.8. The average Bonchev–Trinajstić information content (AvgIpc) is 3.15. The maximum Gasteiger partial charge on any atom is 0.258 e. The monoisotopic (exact) mass is 404 g/mol. The van der Waals surface area contributed by atoms with Gasteiger partial charge in [0.25, 0.3) is 11.8 Å². The number of fused-ring (bicyclic) bond motifs is 1. The summed E-state index contributed by atoms with van der Waals surface area (Å²) in [5, 5.41) is 4.71. The molecule has 0 saturated heterocycles. The van der Waals surface area contributed by atoms with Gasteiger partial charge in [0.15, 0.2) is 5.78 Å². The molecule has 1 N–H and O–H groups in total. The minimum atomic E-state index is -0.184. The Labute approximate surface area is 173 Å². The minimum absolute atomic E-state index is 0.0968. The van der Waals surface area contributed by atoms with E-state index >= 15 is 0 Å². The Hall–Kier alpha value is -3.25. The van der Waals surface area contributed by atoms with Gasteiger partial charge in [-0.05, 0) is 60.7 Å². The van der Waals surface area contributed by atoms with Gasteiger partial charge in [-0.25, -0.2) is 0 Å². The lowest BCUT2D eigenvalue weighted by Crippen LogP contribution is -2.31. The number of nitrogens with zero attached hydrogens (tertiary/aromatic N) is 1. The van der Waals surface area contributed by atoms with E-state index in [1.807, 2.05) is 36.6 Å². The Bertz CT molecular complexity index is 1090. The van der Waals surface area contributed by atoms with Gasteiger partial charge >= 0.3 is 0 Å². The van der Waals surface area contributed by atoms with Crippen LogP contribution >= 0.6 is 11.3 Å². The maximum absolute atomic E-state index is 13.1. The molecule has 0 bridgehead atoms. The van der Waals surface area contributed by atoms with Crippen LogP contribution in [-0.4, -0.2) is 24.1 Å². The van der Waals surface area contributed by atoms with Gasteiger partial charge in [-0.2, -0.15) is 0 Å². The zero-order valence-electron chi connectivity index (χ0n) is 16.0. The van der Waals surface area contributed by atoms with Crippen LogP contribution in [0.1, 0.15) is 48.8 Å². The molecule has 0 aliphatic carbocycles. The minimum Gasteiger partial charge on any atom is -0.322 e. The van der Waals surface area contributed by atoms with Gasteiger partial charge in [0.1, 0.15) is 0 Å². The van der Waals surface area contributed by atoms with E-state index in [2.05, 4.69) is 5.32 Å². The predicted octanol–water partition coefficient (Wildman–Crippen LogP) is 4.93. The van der Waals surface area contributed by atoms with Crippen LogP contribution in [0.4, 0.5) is 11.4 Å². The van der Waals surface area contributed by atoms with Crippen molar-refractivity contribution in [3.8, 4) is 0 Å². The predicted molar refractivity (Wildman–Crippen MR) is 115 cm³/mol. The van der Waals surface area contributed by atoms with Crippen molar-refractivity contribution in [3.63, 3.8) is 0 Å². The van der Waals surface area contributed by atoms with Gasteiger partial charge in [0.05, 0.1) is 10.6 Å². The number of Topliss-reactive ketones (excluding diaryl/α,β-unsaturated/α-hetero) is 1. The number of ketones is 1. The van der Waals surface area contributed by atoms with E-state index in [4.69, 9.17) is 0 Å². The maximum atomic E-state index is 13.1. The smallest absolute Gasteiger partial charge is 0.258 e. The second-order valence-electron chi connectivity index (χ2n) is 6.96. The Morgan fingerprint density at radius 1 is 1.03 bits per heavy atom. The van der Waals surface area contributed by atoms with Crippen molar-refractivity contribution < 1.29 is 14.4 Å². The lowest BCUT2D eigenvalue weighted by Gasteiger charge is -2.21. The lowest BCUT2D eigenvalue weighted by atomic mass is 10.1. The third-order valence-corrected chi connectivity index (χ3v) is 5.94. The molecule has 3 aromatic rings. The summed E-state index contributed by atoms with van der Waals surface area (Å²) >= 11 is 1.38. The number of nitrogens with one attached hydrogen (secondary N) is 1. The van der Waals surface area contributed by atoms with Gasteiger partial charge in [0.2, 0.25) is 0 Å². The van der Waals surface area contributed by atoms with Crippen molar-refractivity contribution in [1.29, 1.82) is 0 Å². The Balaban J connectivity index is 1.52. The summed E-state index contributed by atoms with van der Waals surface area (Å²) < 4.78 is 0. The summed E-state index contributed by atoms with van der Waals surface area (Å²) in [4.78, 5) is 40.0. The molecule has 2 amide bonds. The Morgan fingerprint density at radius 3 is 2.55 bits per heavy atom. The molecular formula is C23H20N2O3S.